The molecule has 0 fully saturated rings. The summed E-state index contributed by atoms with van der Waals surface area (Å²) in [5.74, 6) is 0. The van der Waals surface area contributed by atoms with E-state index in [0.717, 1.165) is 28.2 Å². The van der Waals surface area contributed by atoms with E-state index < -0.39 is 17.4 Å². The molecule has 0 bridgehead atoms. The molecule has 0 aliphatic heterocycles. The summed E-state index contributed by atoms with van der Waals surface area (Å²) in [6, 6.07) is 11.5. The number of hydrogen-bond donors (Lipinski definition) is 2. The highest BCUT2D eigenvalue weighted by Crippen LogP contribution is 2.38. The number of hydrogen-bond acceptors (Lipinski definition) is 5. The molecular formula is C27H26F3N7O. The number of alkyl halides is 3. The van der Waals surface area contributed by atoms with Crippen molar-refractivity contribution >= 4 is 16.7 Å². The molecule has 0 unspecified atom stereocenters. The van der Waals surface area contributed by atoms with Crippen LogP contribution in [0.1, 0.15) is 5.56 Å². The number of rotatable bonds is 7. The van der Waals surface area contributed by atoms with Crippen LogP contribution in [0.15, 0.2) is 72.0 Å². The van der Waals surface area contributed by atoms with Gasteiger partial charge in [-0.25, -0.2) is 9.78 Å². The number of pyridine rings is 2. The normalized spacial score (nSPS) is 11.8. The van der Waals surface area contributed by atoms with Crippen molar-refractivity contribution in [1.82, 2.24) is 29.4 Å². The van der Waals surface area contributed by atoms with Crippen molar-refractivity contribution in [2.45, 2.75) is 6.18 Å². The molecule has 2 N–H and O–H groups in total. The summed E-state index contributed by atoms with van der Waals surface area (Å²) in [5, 5.41) is 3.88. The van der Waals surface area contributed by atoms with Gasteiger partial charge in [-0.15, -0.1) is 0 Å². The number of fused-ring (bicyclic) bond motifs is 1. The Morgan fingerprint density at radius 1 is 1.08 bits per heavy atom. The summed E-state index contributed by atoms with van der Waals surface area (Å²) in [6.45, 7) is 0.905. The molecule has 4 aromatic heterocycles. The average molecular weight is 522 g/mol. The molecule has 0 atom stereocenters. The number of aromatic amines is 1. The van der Waals surface area contributed by atoms with Crippen molar-refractivity contribution in [2.75, 3.05) is 32.1 Å². The van der Waals surface area contributed by atoms with E-state index in [0.29, 0.717) is 24.5 Å². The van der Waals surface area contributed by atoms with Gasteiger partial charge in [0.25, 0.3) is 0 Å². The van der Waals surface area contributed by atoms with Crippen LogP contribution in [0.2, 0.25) is 0 Å². The van der Waals surface area contributed by atoms with Crippen LogP contribution in [0.4, 0.5) is 18.9 Å². The van der Waals surface area contributed by atoms with Crippen LogP contribution < -0.4 is 15.9 Å². The minimum absolute atomic E-state index is 0.0369. The standard InChI is InChI=1S/C27H26F3N7O/c1-31-10-11-35(2)23-5-4-20(14-21(23)27(28,29)30)37-24(16-36(3)26(37)38)22-13-17(6-8-32-22)19-12-18-7-9-33-25(18)34-15-19/h4-9,12-16,31H,10-11H2,1-3H3,(H,33,34). The zero-order valence-corrected chi connectivity index (χ0v) is 21.0. The van der Waals surface area contributed by atoms with E-state index in [1.165, 1.54) is 26.2 Å². The summed E-state index contributed by atoms with van der Waals surface area (Å²) in [6.07, 6.45) is 2.10. The predicted octanol–water partition coefficient (Wildman–Crippen LogP) is 4.46. The Morgan fingerprint density at radius 3 is 2.66 bits per heavy atom. The number of likely N-dealkylation sites (N-methyl/N-ethyl adjacent to an activating group) is 2. The topological polar surface area (TPSA) is 83.8 Å². The number of nitrogens with zero attached hydrogens (tertiary/aromatic N) is 5. The largest absolute Gasteiger partial charge is 0.418 e. The molecule has 0 saturated heterocycles. The summed E-state index contributed by atoms with van der Waals surface area (Å²) < 4.78 is 45.0. The fraction of sp³-hybridized carbons (Fsp3) is 0.222. The molecule has 1 aromatic carbocycles. The Kier molecular flexibility index (Phi) is 6.53. The number of aryl methyl sites for hydroxylation is 1. The third kappa shape index (κ3) is 4.68. The molecule has 0 radical (unpaired) electrons. The maximum atomic E-state index is 14.1. The van der Waals surface area contributed by atoms with Gasteiger partial charge in [0.2, 0.25) is 0 Å². The van der Waals surface area contributed by atoms with E-state index in [2.05, 4.69) is 20.3 Å². The molecule has 0 aliphatic rings. The van der Waals surface area contributed by atoms with Crippen molar-refractivity contribution in [3.63, 3.8) is 0 Å². The van der Waals surface area contributed by atoms with Crippen molar-refractivity contribution in [2.24, 2.45) is 7.05 Å². The first-order chi connectivity index (χ1) is 18.2. The SMILES string of the molecule is CNCCN(C)c1ccc(-n2c(-c3cc(-c4cnc5[nH]ccc5c4)ccn3)cn(C)c2=O)cc1C(F)(F)F. The second-order valence-corrected chi connectivity index (χ2v) is 9.04. The fourth-order valence-corrected chi connectivity index (χ4v) is 4.46. The summed E-state index contributed by atoms with van der Waals surface area (Å²) in [4.78, 5) is 26.6. The molecule has 11 heteroatoms. The molecule has 0 amide bonds. The Labute approximate surface area is 216 Å². The quantitative estimate of drug-likeness (QED) is 0.331. The van der Waals surface area contributed by atoms with E-state index >= 15 is 0 Å². The lowest BCUT2D eigenvalue weighted by Crippen LogP contribution is -2.29. The van der Waals surface area contributed by atoms with Gasteiger partial charge in [-0.1, -0.05) is 0 Å². The van der Waals surface area contributed by atoms with Crippen LogP contribution in [0.25, 0.3) is 39.2 Å². The van der Waals surface area contributed by atoms with Gasteiger partial charge in [-0.05, 0) is 55.1 Å². The summed E-state index contributed by atoms with van der Waals surface area (Å²) in [7, 11) is 4.90. The molecule has 4 heterocycles. The molecule has 5 rings (SSSR count). The van der Waals surface area contributed by atoms with E-state index in [-0.39, 0.29) is 11.4 Å². The zero-order chi connectivity index (χ0) is 27.0. The molecule has 0 spiro atoms. The highest BCUT2D eigenvalue weighted by Gasteiger charge is 2.35. The second kappa shape index (κ2) is 9.82. The number of benzene rings is 1. The van der Waals surface area contributed by atoms with Gasteiger partial charge in [0, 0.05) is 68.6 Å². The summed E-state index contributed by atoms with van der Waals surface area (Å²) in [5.41, 5.74) is 2.08. The highest BCUT2D eigenvalue weighted by molar-refractivity contribution is 5.82. The monoisotopic (exact) mass is 521 g/mol. The number of H-pyrrole nitrogens is 1. The molecule has 8 nitrogen and oxygen atoms in total. The van der Waals surface area contributed by atoms with Gasteiger partial charge in [0.05, 0.1) is 22.6 Å². The van der Waals surface area contributed by atoms with Crippen LogP contribution in [0.5, 0.6) is 0 Å². The van der Waals surface area contributed by atoms with Crippen LogP contribution >= 0.6 is 0 Å². The van der Waals surface area contributed by atoms with Crippen molar-refractivity contribution in [1.29, 1.82) is 0 Å². The lowest BCUT2D eigenvalue weighted by Gasteiger charge is -2.24. The third-order valence-electron chi connectivity index (χ3n) is 6.46. The average Bonchev–Trinajstić information content (AvgIpc) is 3.50. The van der Waals surface area contributed by atoms with E-state index in [9.17, 15) is 18.0 Å². The number of imidazole rings is 1. The van der Waals surface area contributed by atoms with E-state index in [1.807, 2.05) is 18.2 Å². The van der Waals surface area contributed by atoms with Gasteiger partial charge in [0.1, 0.15) is 5.65 Å². The number of anilines is 1. The van der Waals surface area contributed by atoms with Crippen molar-refractivity contribution in [3.8, 4) is 28.2 Å². The van der Waals surface area contributed by atoms with Gasteiger partial charge in [-0.3, -0.25) is 9.55 Å². The van der Waals surface area contributed by atoms with Gasteiger partial charge < -0.3 is 19.8 Å². The first-order valence-corrected chi connectivity index (χ1v) is 11.9. The van der Waals surface area contributed by atoms with Gasteiger partial charge in [-0.2, -0.15) is 13.2 Å². The van der Waals surface area contributed by atoms with Crippen molar-refractivity contribution in [3.05, 3.63) is 83.3 Å². The molecule has 0 aliphatic carbocycles. The number of halogens is 3. The minimum Gasteiger partial charge on any atom is -0.373 e. The minimum atomic E-state index is -4.61. The number of aromatic nitrogens is 5. The fourth-order valence-electron chi connectivity index (χ4n) is 4.46. The van der Waals surface area contributed by atoms with E-state index in [1.54, 1.807) is 52.0 Å². The second-order valence-electron chi connectivity index (χ2n) is 9.04. The molecular weight excluding hydrogens is 495 g/mol. The van der Waals surface area contributed by atoms with Crippen molar-refractivity contribution < 1.29 is 13.2 Å². The highest BCUT2D eigenvalue weighted by atomic mass is 19.4. The van der Waals surface area contributed by atoms with Gasteiger partial charge >= 0.3 is 11.9 Å². The maximum Gasteiger partial charge on any atom is 0.418 e. The summed E-state index contributed by atoms with van der Waals surface area (Å²) >= 11 is 0. The van der Waals surface area contributed by atoms with Crippen LogP contribution in [-0.2, 0) is 13.2 Å². The first kappa shape index (κ1) is 25.3. The lowest BCUT2D eigenvalue weighted by molar-refractivity contribution is -0.137. The molecule has 38 heavy (non-hydrogen) atoms. The predicted molar refractivity (Wildman–Crippen MR) is 142 cm³/mol. The van der Waals surface area contributed by atoms with Gasteiger partial charge in [0.15, 0.2) is 0 Å². The molecule has 196 valence electrons. The lowest BCUT2D eigenvalue weighted by atomic mass is 10.1. The Morgan fingerprint density at radius 2 is 1.89 bits per heavy atom. The first-order valence-electron chi connectivity index (χ1n) is 11.9. The third-order valence-corrected chi connectivity index (χ3v) is 6.46. The molecule has 5 aromatic rings. The number of nitrogens with one attached hydrogen (secondary N) is 2. The smallest absolute Gasteiger partial charge is 0.373 e. The van der Waals surface area contributed by atoms with Crippen LogP contribution in [0, 0.1) is 0 Å². The van der Waals surface area contributed by atoms with Crippen LogP contribution in [0.3, 0.4) is 0 Å². The Balaban J connectivity index is 1.61. The van der Waals surface area contributed by atoms with E-state index in [4.69, 9.17) is 0 Å². The zero-order valence-electron chi connectivity index (χ0n) is 21.0. The van der Waals surface area contributed by atoms with Crippen LogP contribution in [-0.4, -0.2) is 51.3 Å². The maximum absolute atomic E-state index is 14.1. The molecule has 0 saturated carbocycles. The Hall–Kier alpha value is -4.38. The Bertz CT molecular complexity index is 1670.